The number of nitrogens with zero attached hydrogens (tertiary/aromatic N) is 1. The summed E-state index contributed by atoms with van der Waals surface area (Å²) in [6, 6.07) is 5.25. The summed E-state index contributed by atoms with van der Waals surface area (Å²) in [4.78, 5) is 14.1. The van der Waals surface area contributed by atoms with Crippen molar-refractivity contribution in [1.29, 1.82) is 0 Å². The van der Waals surface area contributed by atoms with Gasteiger partial charge < -0.3 is 15.2 Å². The van der Waals surface area contributed by atoms with E-state index in [0.29, 0.717) is 18.3 Å². The molecule has 1 aromatic carbocycles. The van der Waals surface area contributed by atoms with Crippen LogP contribution in [0.15, 0.2) is 24.3 Å². The minimum Gasteiger partial charge on any atom is -0.504 e. The van der Waals surface area contributed by atoms with Gasteiger partial charge in [0.15, 0.2) is 11.5 Å². The molecule has 0 aliphatic carbocycles. The van der Waals surface area contributed by atoms with Gasteiger partial charge in [0, 0.05) is 18.7 Å². The third-order valence-electron chi connectivity index (χ3n) is 3.64. The van der Waals surface area contributed by atoms with Crippen molar-refractivity contribution < 1.29 is 14.6 Å². The Bertz CT molecular complexity index is 511. The zero-order valence-electron chi connectivity index (χ0n) is 13.8. The highest BCUT2D eigenvalue weighted by atomic mass is 16.5. The molecule has 0 aromatic heterocycles. The van der Waals surface area contributed by atoms with Gasteiger partial charge in [-0.25, -0.2) is 0 Å². The van der Waals surface area contributed by atoms with Gasteiger partial charge in [-0.05, 0) is 43.8 Å². The van der Waals surface area contributed by atoms with E-state index in [2.05, 4.69) is 31.0 Å². The minimum absolute atomic E-state index is 0.0807. The number of likely N-dealkylation sites (N-methyl/N-ethyl adjacent to an activating group) is 1. The number of rotatable bonds is 8. The van der Waals surface area contributed by atoms with Crippen molar-refractivity contribution in [3.05, 3.63) is 29.8 Å². The number of hydrogen-bond acceptors (Lipinski definition) is 4. The molecule has 0 aliphatic rings. The van der Waals surface area contributed by atoms with E-state index in [-0.39, 0.29) is 11.7 Å². The third kappa shape index (κ3) is 5.41. The van der Waals surface area contributed by atoms with Crippen LogP contribution in [0.3, 0.4) is 0 Å². The van der Waals surface area contributed by atoms with Crippen LogP contribution in [0.5, 0.6) is 11.5 Å². The molecule has 122 valence electrons. The summed E-state index contributed by atoms with van der Waals surface area (Å²) < 4.78 is 5.03. The van der Waals surface area contributed by atoms with Crippen molar-refractivity contribution in [3.63, 3.8) is 0 Å². The Kier molecular flexibility index (Phi) is 7.46. The van der Waals surface area contributed by atoms with Gasteiger partial charge in [0.2, 0.25) is 5.91 Å². The number of amides is 1. The third-order valence-corrected chi connectivity index (χ3v) is 3.64. The predicted molar refractivity (Wildman–Crippen MR) is 89.1 cm³/mol. The quantitative estimate of drug-likeness (QED) is 0.723. The van der Waals surface area contributed by atoms with Crippen molar-refractivity contribution in [2.75, 3.05) is 26.7 Å². The van der Waals surface area contributed by atoms with E-state index in [1.165, 1.54) is 13.2 Å². The van der Waals surface area contributed by atoms with Crippen LogP contribution in [0, 0.1) is 0 Å². The van der Waals surface area contributed by atoms with Crippen LogP contribution in [-0.2, 0) is 4.79 Å². The summed E-state index contributed by atoms with van der Waals surface area (Å²) in [6.07, 6.45) is 3.18. The number of phenolic OH excluding ortho intramolecular Hbond substituents is 1. The van der Waals surface area contributed by atoms with Gasteiger partial charge in [0.25, 0.3) is 0 Å². The molecule has 1 rings (SSSR count). The van der Waals surface area contributed by atoms with Crippen LogP contribution in [0.2, 0.25) is 0 Å². The van der Waals surface area contributed by atoms with Gasteiger partial charge >= 0.3 is 0 Å². The van der Waals surface area contributed by atoms with Gasteiger partial charge in [-0.1, -0.05) is 19.9 Å². The Morgan fingerprint density at radius 3 is 2.68 bits per heavy atom. The van der Waals surface area contributed by atoms with Crippen LogP contribution in [-0.4, -0.2) is 48.7 Å². The molecular formula is C17H26N2O3. The molecule has 0 bridgehead atoms. The number of phenols is 1. The molecule has 0 aliphatic heterocycles. The SMILES string of the molecule is CCN(CC)C(C)CNC(=O)/C=C/c1ccc(O)c(OC)c1. The highest BCUT2D eigenvalue weighted by molar-refractivity contribution is 5.91. The minimum atomic E-state index is -0.133. The maximum Gasteiger partial charge on any atom is 0.244 e. The number of carbonyl (C=O) groups is 1. The monoisotopic (exact) mass is 306 g/mol. The van der Waals surface area contributed by atoms with Crippen molar-refractivity contribution in [1.82, 2.24) is 10.2 Å². The summed E-state index contributed by atoms with van der Waals surface area (Å²) in [5.74, 6) is 0.334. The molecule has 0 radical (unpaired) electrons. The molecule has 5 nitrogen and oxygen atoms in total. The average Bonchev–Trinajstić information content (AvgIpc) is 2.53. The zero-order chi connectivity index (χ0) is 16.5. The van der Waals surface area contributed by atoms with Crippen LogP contribution in [0.25, 0.3) is 6.08 Å². The highest BCUT2D eigenvalue weighted by Crippen LogP contribution is 2.26. The van der Waals surface area contributed by atoms with Crippen molar-refractivity contribution in [2.24, 2.45) is 0 Å². The molecule has 1 unspecified atom stereocenters. The summed E-state index contributed by atoms with van der Waals surface area (Å²) in [6.45, 7) is 8.87. The maximum atomic E-state index is 11.8. The number of methoxy groups -OCH3 is 1. The molecule has 2 N–H and O–H groups in total. The first-order chi connectivity index (χ1) is 10.5. The van der Waals surface area contributed by atoms with E-state index in [1.807, 2.05) is 0 Å². The zero-order valence-corrected chi connectivity index (χ0v) is 13.8. The Labute approximate surface area is 132 Å². The Hall–Kier alpha value is -2.01. The second kappa shape index (κ2) is 9.10. The lowest BCUT2D eigenvalue weighted by Crippen LogP contribution is -2.41. The summed E-state index contributed by atoms with van der Waals surface area (Å²) in [5.41, 5.74) is 0.793. The standard InChI is InChI=1S/C17H26N2O3/c1-5-19(6-2)13(3)12-18-17(21)10-8-14-7-9-15(20)16(11-14)22-4/h7-11,13,20H,5-6,12H2,1-4H3,(H,18,21)/b10-8+. The van der Waals surface area contributed by atoms with Crippen molar-refractivity contribution >= 4 is 12.0 Å². The second-order valence-electron chi connectivity index (χ2n) is 5.08. The molecule has 0 saturated carbocycles. The largest absolute Gasteiger partial charge is 0.504 e. The number of hydrogen-bond donors (Lipinski definition) is 2. The maximum absolute atomic E-state index is 11.8. The first-order valence-corrected chi connectivity index (χ1v) is 7.58. The fraction of sp³-hybridized carbons (Fsp3) is 0.471. The lowest BCUT2D eigenvalue weighted by molar-refractivity contribution is -0.116. The molecule has 1 atom stereocenters. The van der Waals surface area contributed by atoms with Gasteiger partial charge in [-0.2, -0.15) is 0 Å². The fourth-order valence-corrected chi connectivity index (χ4v) is 2.25. The first-order valence-electron chi connectivity index (χ1n) is 7.58. The van der Waals surface area contributed by atoms with Gasteiger partial charge in [-0.3, -0.25) is 9.69 Å². The summed E-state index contributed by atoms with van der Waals surface area (Å²) in [5, 5.41) is 12.4. The van der Waals surface area contributed by atoms with Gasteiger partial charge in [0.05, 0.1) is 7.11 Å². The number of carbonyl (C=O) groups excluding carboxylic acids is 1. The number of aromatic hydroxyl groups is 1. The lowest BCUT2D eigenvalue weighted by Gasteiger charge is -2.26. The average molecular weight is 306 g/mol. The van der Waals surface area contributed by atoms with Crippen molar-refractivity contribution in [2.45, 2.75) is 26.8 Å². The number of ether oxygens (including phenoxy) is 1. The van der Waals surface area contributed by atoms with E-state index < -0.39 is 0 Å². The van der Waals surface area contributed by atoms with E-state index in [4.69, 9.17) is 4.74 Å². The van der Waals surface area contributed by atoms with Crippen LogP contribution >= 0.6 is 0 Å². The van der Waals surface area contributed by atoms with E-state index in [0.717, 1.165) is 18.7 Å². The molecule has 0 spiro atoms. The van der Waals surface area contributed by atoms with Gasteiger partial charge in [0.1, 0.15) is 0 Å². The Morgan fingerprint density at radius 2 is 2.09 bits per heavy atom. The summed E-state index contributed by atoms with van der Waals surface area (Å²) >= 11 is 0. The Balaban J connectivity index is 2.54. The smallest absolute Gasteiger partial charge is 0.244 e. The Morgan fingerprint density at radius 1 is 1.41 bits per heavy atom. The van der Waals surface area contributed by atoms with E-state index >= 15 is 0 Å². The molecular weight excluding hydrogens is 280 g/mol. The normalized spacial score (nSPS) is 12.6. The molecule has 0 saturated heterocycles. The van der Waals surface area contributed by atoms with Crippen LogP contribution in [0.1, 0.15) is 26.3 Å². The molecule has 1 aromatic rings. The van der Waals surface area contributed by atoms with Gasteiger partial charge in [-0.15, -0.1) is 0 Å². The molecule has 5 heteroatoms. The highest BCUT2D eigenvalue weighted by Gasteiger charge is 2.10. The second-order valence-corrected chi connectivity index (χ2v) is 5.08. The van der Waals surface area contributed by atoms with E-state index in [1.54, 1.807) is 24.3 Å². The van der Waals surface area contributed by atoms with E-state index in [9.17, 15) is 9.90 Å². The van der Waals surface area contributed by atoms with Crippen LogP contribution in [0.4, 0.5) is 0 Å². The molecule has 0 fully saturated rings. The number of nitrogens with one attached hydrogen (secondary N) is 1. The summed E-state index contributed by atoms with van der Waals surface area (Å²) in [7, 11) is 1.49. The predicted octanol–water partition coefficient (Wildman–Crippen LogP) is 2.26. The van der Waals surface area contributed by atoms with Crippen molar-refractivity contribution in [3.8, 4) is 11.5 Å². The lowest BCUT2D eigenvalue weighted by atomic mass is 10.2. The molecule has 1 amide bonds. The molecule has 22 heavy (non-hydrogen) atoms. The molecule has 0 heterocycles. The first kappa shape index (κ1) is 18.0. The fourth-order valence-electron chi connectivity index (χ4n) is 2.25. The topological polar surface area (TPSA) is 61.8 Å². The number of benzene rings is 1. The van der Waals surface area contributed by atoms with Crippen LogP contribution < -0.4 is 10.1 Å².